The maximum Gasteiger partial charge on any atom is 0.258 e. The fraction of sp³-hybridized carbons (Fsp3) is 0.0800. The van der Waals surface area contributed by atoms with E-state index in [1.807, 2.05) is 37.3 Å². The molecule has 1 aliphatic rings. The van der Waals surface area contributed by atoms with Crippen LogP contribution in [0.25, 0.3) is 5.70 Å². The second kappa shape index (κ2) is 8.93. The van der Waals surface area contributed by atoms with Crippen LogP contribution in [0.15, 0.2) is 72.8 Å². The molecule has 1 atom stereocenters. The molecule has 0 bridgehead atoms. The zero-order chi connectivity index (χ0) is 23.8. The Morgan fingerprint density at radius 3 is 2.50 bits per heavy atom. The van der Waals surface area contributed by atoms with Gasteiger partial charge in [0.05, 0.1) is 0 Å². The van der Waals surface area contributed by atoms with Crippen LogP contribution in [0.5, 0.6) is 0 Å². The van der Waals surface area contributed by atoms with Crippen molar-refractivity contribution in [2.24, 2.45) is 0 Å². The van der Waals surface area contributed by atoms with Gasteiger partial charge >= 0.3 is 0 Å². The van der Waals surface area contributed by atoms with E-state index in [1.165, 1.54) is 10.7 Å². The first-order valence-corrected chi connectivity index (χ1v) is 11.2. The molecule has 2 N–H and O–H groups in total. The smallest absolute Gasteiger partial charge is 0.258 e. The number of fused-ring (bicyclic) bond motifs is 1. The van der Waals surface area contributed by atoms with Gasteiger partial charge in [0.25, 0.3) is 11.9 Å². The number of hydrogen-bond acceptors (Lipinski definition) is 4. The van der Waals surface area contributed by atoms with E-state index in [0.29, 0.717) is 16.5 Å². The number of benzene rings is 3. The van der Waals surface area contributed by atoms with Crippen molar-refractivity contribution in [3.05, 3.63) is 111 Å². The molecule has 0 unspecified atom stereocenters. The van der Waals surface area contributed by atoms with Crippen LogP contribution < -0.4 is 10.6 Å². The van der Waals surface area contributed by atoms with Crippen LogP contribution in [0.2, 0.25) is 10.0 Å². The number of aromatic nitrogens is 3. The van der Waals surface area contributed by atoms with Crippen molar-refractivity contribution in [2.75, 3.05) is 10.6 Å². The van der Waals surface area contributed by atoms with Gasteiger partial charge in [0.2, 0.25) is 5.95 Å². The Bertz CT molecular complexity index is 1390. The molecule has 0 fully saturated rings. The monoisotopic (exact) mass is 493 g/mol. The Balaban J connectivity index is 1.55. The van der Waals surface area contributed by atoms with E-state index in [0.717, 1.165) is 16.8 Å². The summed E-state index contributed by atoms with van der Waals surface area (Å²) >= 11 is 12.3. The third-order valence-corrected chi connectivity index (χ3v) is 6.04. The van der Waals surface area contributed by atoms with Crippen LogP contribution in [0.1, 0.15) is 33.1 Å². The predicted molar refractivity (Wildman–Crippen MR) is 132 cm³/mol. The molecular formula is C25H18Cl2FN5O. The highest BCUT2D eigenvalue weighted by Gasteiger charge is 2.29. The van der Waals surface area contributed by atoms with E-state index in [4.69, 9.17) is 23.2 Å². The maximum absolute atomic E-state index is 14.9. The molecule has 0 spiro atoms. The van der Waals surface area contributed by atoms with Gasteiger partial charge in [-0.15, -0.1) is 5.10 Å². The molecule has 0 radical (unpaired) electrons. The lowest BCUT2D eigenvalue weighted by atomic mass is 10.0. The quantitative estimate of drug-likeness (QED) is 0.347. The van der Waals surface area contributed by atoms with Crippen LogP contribution in [0.4, 0.5) is 16.3 Å². The SMILES string of the molecule is Cc1ccc(C2=C[C@@H](c3c(F)cccc3Cl)n3nc(NC(=O)c4ccc(Cl)cc4)nc3N2)cc1. The molecule has 6 nitrogen and oxygen atoms in total. The van der Waals surface area contributed by atoms with Gasteiger partial charge < -0.3 is 5.32 Å². The number of aryl methyl sites for hydroxylation is 1. The molecule has 170 valence electrons. The van der Waals surface area contributed by atoms with Crippen molar-refractivity contribution >= 4 is 46.7 Å². The van der Waals surface area contributed by atoms with Crippen LogP contribution in [-0.4, -0.2) is 20.7 Å². The summed E-state index contributed by atoms with van der Waals surface area (Å²) in [5.41, 5.74) is 3.39. The number of hydrogen-bond donors (Lipinski definition) is 2. The van der Waals surface area contributed by atoms with Gasteiger partial charge in [0.1, 0.15) is 11.9 Å². The van der Waals surface area contributed by atoms with Gasteiger partial charge in [-0.25, -0.2) is 9.07 Å². The molecule has 2 heterocycles. The summed E-state index contributed by atoms with van der Waals surface area (Å²) in [6, 6.07) is 18.2. The fourth-order valence-corrected chi connectivity index (χ4v) is 4.12. The minimum absolute atomic E-state index is 0.0680. The zero-order valence-electron chi connectivity index (χ0n) is 17.9. The number of rotatable bonds is 4. The summed E-state index contributed by atoms with van der Waals surface area (Å²) in [4.78, 5) is 17.1. The molecule has 1 aliphatic heterocycles. The zero-order valence-corrected chi connectivity index (χ0v) is 19.4. The molecule has 0 saturated carbocycles. The average molecular weight is 494 g/mol. The van der Waals surface area contributed by atoms with Crippen LogP contribution >= 0.6 is 23.2 Å². The summed E-state index contributed by atoms with van der Waals surface area (Å²) in [5.74, 6) is -0.453. The van der Waals surface area contributed by atoms with Crippen molar-refractivity contribution in [3.63, 3.8) is 0 Å². The number of nitrogens with one attached hydrogen (secondary N) is 2. The van der Waals surface area contributed by atoms with Crippen LogP contribution in [-0.2, 0) is 0 Å². The first kappa shape index (κ1) is 22.1. The summed E-state index contributed by atoms with van der Waals surface area (Å²) in [6.07, 6.45) is 1.83. The fourth-order valence-electron chi connectivity index (χ4n) is 3.72. The lowest BCUT2D eigenvalue weighted by Crippen LogP contribution is -2.21. The summed E-state index contributed by atoms with van der Waals surface area (Å²) in [5, 5.41) is 11.1. The molecule has 4 aromatic rings. The third kappa shape index (κ3) is 4.27. The molecule has 0 saturated heterocycles. The standard InChI is InChI=1S/C25H18Cl2FN5O/c1-14-5-7-15(8-6-14)20-13-21(22-18(27)3-2-4-19(22)28)33-25(29-20)31-24(32-33)30-23(34)16-9-11-17(26)12-10-16/h2-13,21H,1H3,(H2,29,30,31,32,34)/t21-/m0/s1. The lowest BCUT2D eigenvalue weighted by molar-refractivity contribution is 0.102. The molecular weight excluding hydrogens is 476 g/mol. The number of halogens is 3. The molecule has 3 aromatic carbocycles. The largest absolute Gasteiger partial charge is 0.324 e. The third-order valence-electron chi connectivity index (χ3n) is 5.46. The minimum Gasteiger partial charge on any atom is -0.324 e. The highest BCUT2D eigenvalue weighted by molar-refractivity contribution is 6.31. The summed E-state index contributed by atoms with van der Waals surface area (Å²) < 4.78 is 16.4. The first-order chi connectivity index (χ1) is 16.4. The number of nitrogens with zero attached hydrogens (tertiary/aromatic N) is 3. The second-order valence-corrected chi connectivity index (χ2v) is 8.66. The van der Waals surface area contributed by atoms with E-state index in [1.54, 1.807) is 36.4 Å². The molecule has 1 amide bonds. The van der Waals surface area contributed by atoms with E-state index >= 15 is 0 Å². The number of carbonyl (C=O) groups excluding carboxylic acids is 1. The molecule has 1 aromatic heterocycles. The van der Waals surface area contributed by atoms with Crippen molar-refractivity contribution in [1.82, 2.24) is 14.8 Å². The van der Waals surface area contributed by atoms with E-state index in [9.17, 15) is 9.18 Å². The first-order valence-electron chi connectivity index (χ1n) is 10.4. The van der Waals surface area contributed by atoms with Gasteiger partial charge in [-0.1, -0.05) is 59.1 Å². The van der Waals surface area contributed by atoms with Crippen molar-refractivity contribution in [3.8, 4) is 0 Å². The van der Waals surface area contributed by atoms with Gasteiger partial charge in [-0.2, -0.15) is 4.98 Å². The highest BCUT2D eigenvalue weighted by Crippen LogP contribution is 2.37. The topological polar surface area (TPSA) is 71.8 Å². The molecule has 0 aliphatic carbocycles. The van der Waals surface area contributed by atoms with Crippen LogP contribution in [0.3, 0.4) is 0 Å². The van der Waals surface area contributed by atoms with Crippen LogP contribution in [0, 0.1) is 12.7 Å². The second-order valence-electron chi connectivity index (χ2n) is 7.82. The minimum atomic E-state index is -0.685. The molecule has 5 rings (SSSR count). The molecule has 34 heavy (non-hydrogen) atoms. The van der Waals surface area contributed by atoms with Gasteiger partial charge in [-0.3, -0.25) is 10.1 Å². The van der Waals surface area contributed by atoms with Gasteiger partial charge in [0, 0.05) is 26.9 Å². The van der Waals surface area contributed by atoms with Gasteiger partial charge in [0.15, 0.2) is 0 Å². The number of carbonyl (C=O) groups is 1. The average Bonchev–Trinajstić information content (AvgIpc) is 3.22. The van der Waals surface area contributed by atoms with Crippen molar-refractivity contribution in [2.45, 2.75) is 13.0 Å². The Kier molecular flexibility index (Phi) is 5.81. The predicted octanol–water partition coefficient (Wildman–Crippen LogP) is 6.34. The normalized spacial score (nSPS) is 14.7. The Morgan fingerprint density at radius 2 is 1.79 bits per heavy atom. The number of allylic oxidation sites excluding steroid dienone is 1. The van der Waals surface area contributed by atoms with Gasteiger partial charge in [-0.05, 0) is 55.0 Å². The van der Waals surface area contributed by atoms with E-state index in [-0.39, 0.29) is 16.5 Å². The van der Waals surface area contributed by atoms with Crippen molar-refractivity contribution < 1.29 is 9.18 Å². The van der Waals surface area contributed by atoms with Crippen molar-refractivity contribution in [1.29, 1.82) is 0 Å². The Hall–Kier alpha value is -3.68. The van der Waals surface area contributed by atoms with E-state index in [2.05, 4.69) is 20.7 Å². The Morgan fingerprint density at radius 1 is 1.06 bits per heavy atom. The number of amides is 1. The Labute approximate surface area is 205 Å². The maximum atomic E-state index is 14.9. The lowest BCUT2D eigenvalue weighted by Gasteiger charge is -2.25. The van der Waals surface area contributed by atoms with E-state index < -0.39 is 17.8 Å². The number of anilines is 2. The summed E-state index contributed by atoms with van der Waals surface area (Å²) in [7, 11) is 0. The summed E-state index contributed by atoms with van der Waals surface area (Å²) in [6.45, 7) is 2.00. The highest BCUT2D eigenvalue weighted by atomic mass is 35.5. The molecule has 9 heteroatoms.